The third-order valence-electron chi connectivity index (χ3n) is 3.19. The van der Waals surface area contributed by atoms with E-state index in [9.17, 15) is 9.59 Å². The molecule has 0 aliphatic heterocycles. The number of benzene rings is 1. The molecule has 0 atom stereocenters. The number of nitrogens with zero attached hydrogens (tertiary/aromatic N) is 2. The lowest BCUT2D eigenvalue weighted by Crippen LogP contribution is -2.21. The van der Waals surface area contributed by atoms with Crippen molar-refractivity contribution in [2.24, 2.45) is 0 Å². The summed E-state index contributed by atoms with van der Waals surface area (Å²) >= 11 is 1.17. The Kier molecular flexibility index (Phi) is 5.92. The zero-order chi connectivity index (χ0) is 17.7. The highest BCUT2D eigenvalue weighted by Crippen LogP contribution is 2.24. The molecule has 0 saturated carbocycles. The van der Waals surface area contributed by atoms with Crippen LogP contribution in [0.15, 0.2) is 24.3 Å². The number of aromatic nitrogens is 1. The van der Waals surface area contributed by atoms with Gasteiger partial charge in [0.1, 0.15) is 10.6 Å². The summed E-state index contributed by atoms with van der Waals surface area (Å²) < 4.78 is 5.53. The summed E-state index contributed by atoms with van der Waals surface area (Å²) in [6, 6.07) is 6.99. The Bertz CT molecular complexity index is 740. The average Bonchev–Trinajstić information content (AvgIpc) is 2.92. The Morgan fingerprint density at radius 2 is 2.08 bits per heavy atom. The van der Waals surface area contributed by atoms with Gasteiger partial charge in [0.05, 0.1) is 12.3 Å². The molecule has 7 heteroatoms. The van der Waals surface area contributed by atoms with Crippen LogP contribution >= 0.6 is 11.3 Å². The van der Waals surface area contributed by atoms with Crippen LogP contribution in [0.25, 0.3) is 0 Å². The highest BCUT2D eigenvalue weighted by atomic mass is 32.1. The number of ether oxygens (including phenoxy) is 1. The van der Waals surface area contributed by atoms with Gasteiger partial charge in [0, 0.05) is 19.7 Å². The molecule has 0 bridgehead atoms. The van der Waals surface area contributed by atoms with Gasteiger partial charge in [-0.15, -0.1) is 0 Å². The average molecular weight is 347 g/mol. The van der Waals surface area contributed by atoms with Gasteiger partial charge in [0.2, 0.25) is 0 Å². The van der Waals surface area contributed by atoms with Gasteiger partial charge in [0.25, 0.3) is 11.8 Å². The molecule has 0 unspecified atom stereocenters. The Labute approximate surface area is 145 Å². The molecule has 0 aliphatic carbocycles. The van der Waals surface area contributed by atoms with Crippen molar-refractivity contribution >= 4 is 28.3 Å². The van der Waals surface area contributed by atoms with Crippen LogP contribution in [-0.4, -0.2) is 42.4 Å². The number of carbonyl (C=O) groups is 2. The molecule has 0 saturated heterocycles. The van der Waals surface area contributed by atoms with E-state index >= 15 is 0 Å². The summed E-state index contributed by atoms with van der Waals surface area (Å²) in [5, 5.41) is 3.14. The number of hydrogen-bond acceptors (Lipinski definition) is 5. The van der Waals surface area contributed by atoms with Gasteiger partial charge in [-0.1, -0.05) is 24.3 Å². The fourth-order valence-corrected chi connectivity index (χ4v) is 2.95. The van der Waals surface area contributed by atoms with Crippen LogP contribution in [0.3, 0.4) is 0 Å². The molecule has 1 N–H and O–H groups in total. The van der Waals surface area contributed by atoms with Gasteiger partial charge in [-0.2, -0.15) is 0 Å². The predicted molar refractivity (Wildman–Crippen MR) is 95.0 cm³/mol. The van der Waals surface area contributed by atoms with E-state index in [2.05, 4.69) is 10.3 Å². The first-order valence-corrected chi connectivity index (χ1v) is 8.47. The molecule has 2 rings (SSSR count). The molecule has 24 heavy (non-hydrogen) atoms. The van der Waals surface area contributed by atoms with E-state index in [1.807, 2.05) is 13.0 Å². The van der Waals surface area contributed by atoms with Crippen molar-refractivity contribution in [3.05, 3.63) is 40.4 Å². The standard InChI is InChI=1S/C17H21N3O3S/c1-5-9-23-13-8-6-7-12(10-13)15(21)19-17-18-11(2)14(24-17)16(22)20(3)4/h6-8,10H,5,9H2,1-4H3,(H,18,19,21). The molecule has 0 fully saturated rings. The normalized spacial score (nSPS) is 10.3. The van der Waals surface area contributed by atoms with Gasteiger partial charge in [-0.25, -0.2) is 4.98 Å². The second kappa shape index (κ2) is 7.92. The molecular weight excluding hydrogens is 326 g/mol. The molecule has 128 valence electrons. The summed E-state index contributed by atoms with van der Waals surface area (Å²) in [7, 11) is 3.36. The zero-order valence-electron chi connectivity index (χ0n) is 14.3. The number of rotatable bonds is 6. The first-order chi connectivity index (χ1) is 11.4. The molecule has 0 spiro atoms. The largest absolute Gasteiger partial charge is 0.494 e. The number of carbonyl (C=O) groups excluding carboxylic acids is 2. The monoisotopic (exact) mass is 347 g/mol. The lowest BCUT2D eigenvalue weighted by Gasteiger charge is -2.08. The van der Waals surface area contributed by atoms with Crippen molar-refractivity contribution in [1.82, 2.24) is 9.88 Å². The lowest BCUT2D eigenvalue weighted by molar-refractivity contribution is 0.0831. The molecule has 0 aliphatic rings. The van der Waals surface area contributed by atoms with E-state index < -0.39 is 0 Å². The van der Waals surface area contributed by atoms with Gasteiger partial charge < -0.3 is 9.64 Å². The van der Waals surface area contributed by atoms with Crippen LogP contribution in [0.2, 0.25) is 0 Å². The first kappa shape index (κ1) is 17.9. The van der Waals surface area contributed by atoms with Crippen molar-refractivity contribution in [1.29, 1.82) is 0 Å². The summed E-state index contributed by atoms with van der Waals surface area (Å²) in [6.07, 6.45) is 0.900. The molecular formula is C17H21N3O3S. The molecule has 1 aromatic carbocycles. The number of anilines is 1. The summed E-state index contributed by atoms with van der Waals surface area (Å²) in [4.78, 5) is 30.7. The van der Waals surface area contributed by atoms with Crippen LogP contribution in [0.1, 0.15) is 39.1 Å². The molecule has 0 radical (unpaired) electrons. The van der Waals surface area contributed by atoms with E-state index in [4.69, 9.17) is 4.74 Å². The van der Waals surface area contributed by atoms with E-state index in [0.717, 1.165) is 6.42 Å². The Balaban J connectivity index is 2.12. The SMILES string of the molecule is CCCOc1cccc(C(=O)Nc2nc(C)c(C(=O)N(C)C)s2)c1. The minimum Gasteiger partial charge on any atom is -0.494 e. The van der Waals surface area contributed by atoms with Crippen LogP contribution in [0.4, 0.5) is 5.13 Å². The number of thiazole rings is 1. The maximum atomic E-state index is 12.4. The lowest BCUT2D eigenvalue weighted by atomic mass is 10.2. The van der Waals surface area contributed by atoms with E-state index in [0.29, 0.717) is 33.6 Å². The third kappa shape index (κ3) is 4.32. The quantitative estimate of drug-likeness (QED) is 0.871. The van der Waals surface area contributed by atoms with E-state index in [-0.39, 0.29) is 11.8 Å². The smallest absolute Gasteiger partial charge is 0.265 e. The molecule has 2 aromatic rings. The molecule has 2 amide bonds. The highest BCUT2D eigenvalue weighted by Gasteiger charge is 2.18. The number of aryl methyl sites for hydroxylation is 1. The van der Waals surface area contributed by atoms with Crippen molar-refractivity contribution in [2.45, 2.75) is 20.3 Å². The zero-order valence-corrected chi connectivity index (χ0v) is 15.1. The van der Waals surface area contributed by atoms with Gasteiger partial charge in [0.15, 0.2) is 5.13 Å². The summed E-state index contributed by atoms with van der Waals surface area (Å²) in [6.45, 7) is 4.38. The number of nitrogens with one attached hydrogen (secondary N) is 1. The first-order valence-electron chi connectivity index (χ1n) is 7.65. The molecule has 6 nitrogen and oxygen atoms in total. The second-order valence-electron chi connectivity index (χ2n) is 5.46. The Morgan fingerprint density at radius 1 is 1.33 bits per heavy atom. The van der Waals surface area contributed by atoms with Crippen molar-refractivity contribution in [2.75, 3.05) is 26.0 Å². The van der Waals surface area contributed by atoms with E-state index in [1.165, 1.54) is 16.2 Å². The fourth-order valence-electron chi connectivity index (χ4n) is 1.97. The van der Waals surface area contributed by atoms with E-state index in [1.54, 1.807) is 39.2 Å². The maximum absolute atomic E-state index is 12.4. The van der Waals surface area contributed by atoms with Gasteiger partial charge in [-0.05, 0) is 31.5 Å². The van der Waals surface area contributed by atoms with Crippen LogP contribution in [0, 0.1) is 6.92 Å². The minimum atomic E-state index is -0.283. The second-order valence-corrected chi connectivity index (χ2v) is 6.46. The highest BCUT2D eigenvalue weighted by molar-refractivity contribution is 7.17. The van der Waals surface area contributed by atoms with Gasteiger partial charge >= 0.3 is 0 Å². The van der Waals surface area contributed by atoms with Crippen LogP contribution < -0.4 is 10.1 Å². The van der Waals surface area contributed by atoms with Crippen LogP contribution in [-0.2, 0) is 0 Å². The minimum absolute atomic E-state index is 0.125. The molecule has 1 aromatic heterocycles. The van der Waals surface area contributed by atoms with Gasteiger partial charge in [-0.3, -0.25) is 14.9 Å². The van der Waals surface area contributed by atoms with Crippen molar-refractivity contribution in [3.63, 3.8) is 0 Å². The fraction of sp³-hybridized carbons (Fsp3) is 0.353. The summed E-state index contributed by atoms with van der Waals surface area (Å²) in [5.74, 6) is 0.248. The third-order valence-corrected chi connectivity index (χ3v) is 4.25. The Morgan fingerprint density at radius 3 is 2.75 bits per heavy atom. The topological polar surface area (TPSA) is 71.5 Å². The van der Waals surface area contributed by atoms with Crippen molar-refractivity contribution in [3.8, 4) is 5.75 Å². The van der Waals surface area contributed by atoms with Crippen molar-refractivity contribution < 1.29 is 14.3 Å². The molecule has 1 heterocycles. The Hall–Kier alpha value is -2.41. The maximum Gasteiger partial charge on any atom is 0.265 e. The summed E-state index contributed by atoms with van der Waals surface area (Å²) in [5.41, 5.74) is 1.09. The number of amides is 2. The van der Waals surface area contributed by atoms with Crippen LogP contribution in [0.5, 0.6) is 5.75 Å². The number of hydrogen-bond donors (Lipinski definition) is 1. The predicted octanol–water partition coefficient (Wildman–Crippen LogP) is 3.19.